The lowest BCUT2D eigenvalue weighted by Gasteiger charge is -2.06. The Morgan fingerprint density at radius 1 is 1.08 bits per heavy atom. The molecule has 0 radical (unpaired) electrons. The van der Waals surface area contributed by atoms with Crippen molar-refractivity contribution < 1.29 is 9.18 Å². The normalized spacial score (nSPS) is 10.4. The molecule has 0 aliphatic rings. The van der Waals surface area contributed by atoms with Gasteiger partial charge in [-0.15, -0.1) is 0 Å². The lowest BCUT2D eigenvalue weighted by atomic mass is 10.2. The van der Waals surface area contributed by atoms with E-state index in [0.29, 0.717) is 5.82 Å². The predicted octanol–water partition coefficient (Wildman–Crippen LogP) is 2.51. The minimum absolute atomic E-state index is 0.0724. The first-order chi connectivity index (χ1) is 11.6. The standard InChI is InChI=1S/C18H14FN3O2/c19-14-8-6-12(7-9-14)10-21-17(23)15-11-20-16(22-18(15)24)13-4-2-1-3-5-13/h1-9,11H,10H2,(H,21,23)(H,20,22,24). The van der Waals surface area contributed by atoms with Crippen molar-refractivity contribution in [1.29, 1.82) is 0 Å². The maximum Gasteiger partial charge on any atom is 0.264 e. The summed E-state index contributed by atoms with van der Waals surface area (Å²) in [4.78, 5) is 30.9. The summed E-state index contributed by atoms with van der Waals surface area (Å²) in [6.45, 7) is 0.193. The van der Waals surface area contributed by atoms with Crippen LogP contribution in [0.15, 0.2) is 65.6 Å². The Labute approximate surface area is 137 Å². The number of hydrogen-bond donors (Lipinski definition) is 2. The molecule has 1 aromatic heterocycles. The number of H-pyrrole nitrogens is 1. The molecule has 0 atom stereocenters. The third-order valence-corrected chi connectivity index (χ3v) is 3.46. The molecule has 2 aromatic carbocycles. The van der Waals surface area contributed by atoms with Crippen LogP contribution in [-0.2, 0) is 6.54 Å². The number of carbonyl (C=O) groups is 1. The second kappa shape index (κ2) is 6.87. The molecule has 24 heavy (non-hydrogen) atoms. The average Bonchev–Trinajstić information content (AvgIpc) is 2.61. The summed E-state index contributed by atoms with van der Waals surface area (Å²) in [6.07, 6.45) is 1.25. The number of rotatable bonds is 4. The molecule has 3 aromatic rings. The van der Waals surface area contributed by atoms with E-state index in [1.807, 2.05) is 30.3 Å². The number of nitrogens with zero attached hydrogens (tertiary/aromatic N) is 1. The van der Waals surface area contributed by atoms with Crippen molar-refractivity contribution in [1.82, 2.24) is 15.3 Å². The van der Waals surface area contributed by atoms with Crippen molar-refractivity contribution in [3.8, 4) is 11.4 Å². The Balaban J connectivity index is 1.73. The fourth-order valence-electron chi connectivity index (χ4n) is 2.18. The zero-order valence-corrected chi connectivity index (χ0v) is 12.6. The molecule has 6 heteroatoms. The van der Waals surface area contributed by atoms with E-state index in [1.54, 1.807) is 12.1 Å². The van der Waals surface area contributed by atoms with Gasteiger partial charge >= 0.3 is 0 Å². The Bertz CT molecular complexity index is 906. The van der Waals surface area contributed by atoms with Crippen LogP contribution in [-0.4, -0.2) is 15.9 Å². The summed E-state index contributed by atoms with van der Waals surface area (Å²) in [5.74, 6) is -0.481. The lowest BCUT2D eigenvalue weighted by molar-refractivity contribution is 0.0949. The van der Waals surface area contributed by atoms with Gasteiger partial charge in [0.1, 0.15) is 17.2 Å². The zero-order valence-electron chi connectivity index (χ0n) is 12.6. The van der Waals surface area contributed by atoms with Crippen molar-refractivity contribution in [2.24, 2.45) is 0 Å². The number of halogens is 1. The van der Waals surface area contributed by atoms with Gasteiger partial charge in [0.15, 0.2) is 0 Å². The van der Waals surface area contributed by atoms with Gasteiger partial charge in [0.25, 0.3) is 11.5 Å². The molecule has 3 rings (SSSR count). The van der Waals surface area contributed by atoms with Crippen molar-refractivity contribution in [3.05, 3.63) is 88.1 Å². The van der Waals surface area contributed by atoms with Gasteiger partial charge in [0.2, 0.25) is 0 Å². The van der Waals surface area contributed by atoms with Crippen molar-refractivity contribution in [3.63, 3.8) is 0 Å². The van der Waals surface area contributed by atoms with E-state index >= 15 is 0 Å². The molecule has 0 aliphatic carbocycles. The molecule has 5 nitrogen and oxygen atoms in total. The highest BCUT2D eigenvalue weighted by Crippen LogP contribution is 2.11. The van der Waals surface area contributed by atoms with Crippen LogP contribution in [0.5, 0.6) is 0 Å². The van der Waals surface area contributed by atoms with Crippen LogP contribution >= 0.6 is 0 Å². The van der Waals surface area contributed by atoms with Gasteiger partial charge in [0, 0.05) is 18.3 Å². The number of aromatic amines is 1. The highest BCUT2D eigenvalue weighted by molar-refractivity contribution is 5.93. The molecule has 0 saturated heterocycles. The lowest BCUT2D eigenvalue weighted by Crippen LogP contribution is -2.29. The van der Waals surface area contributed by atoms with Crippen LogP contribution in [0.4, 0.5) is 4.39 Å². The van der Waals surface area contributed by atoms with Crippen LogP contribution in [0.3, 0.4) is 0 Å². The number of aromatic nitrogens is 2. The Morgan fingerprint density at radius 3 is 2.46 bits per heavy atom. The SMILES string of the molecule is O=C(NCc1ccc(F)cc1)c1cnc(-c2ccccc2)[nH]c1=O. The Morgan fingerprint density at radius 2 is 1.79 bits per heavy atom. The first-order valence-corrected chi connectivity index (χ1v) is 7.31. The number of nitrogens with one attached hydrogen (secondary N) is 2. The van der Waals surface area contributed by atoms with Gasteiger partial charge in [0.05, 0.1) is 0 Å². The fraction of sp³-hybridized carbons (Fsp3) is 0.0556. The van der Waals surface area contributed by atoms with E-state index in [2.05, 4.69) is 15.3 Å². The first kappa shape index (κ1) is 15.6. The van der Waals surface area contributed by atoms with Crippen molar-refractivity contribution in [2.75, 3.05) is 0 Å². The molecular formula is C18H14FN3O2. The second-order valence-electron chi connectivity index (χ2n) is 5.15. The van der Waals surface area contributed by atoms with Crippen LogP contribution in [0.2, 0.25) is 0 Å². The minimum atomic E-state index is -0.535. The maximum absolute atomic E-state index is 12.8. The maximum atomic E-state index is 12.8. The third kappa shape index (κ3) is 3.55. The molecule has 0 spiro atoms. The summed E-state index contributed by atoms with van der Waals surface area (Å²) < 4.78 is 12.8. The summed E-state index contributed by atoms with van der Waals surface area (Å²) >= 11 is 0. The van der Waals surface area contributed by atoms with Crippen molar-refractivity contribution in [2.45, 2.75) is 6.54 Å². The molecular weight excluding hydrogens is 309 g/mol. The van der Waals surface area contributed by atoms with E-state index in [4.69, 9.17) is 0 Å². The quantitative estimate of drug-likeness (QED) is 0.775. The predicted molar refractivity (Wildman–Crippen MR) is 87.9 cm³/mol. The molecule has 0 saturated carbocycles. The van der Waals surface area contributed by atoms with Crippen LogP contribution in [0.25, 0.3) is 11.4 Å². The van der Waals surface area contributed by atoms with Crippen LogP contribution < -0.4 is 10.9 Å². The Kier molecular flexibility index (Phi) is 4.47. The Hall–Kier alpha value is -3.28. The average molecular weight is 323 g/mol. The van der Waals surface area contributed by atoms with E-state index in [9.17, 15) is 14.0 Å². The molecule has 1 amide bonds. The largest absolute Gasteiger partial charge is 0.348 e. The number of amides is 1. The highest BCUT2D eigenvalue weighted by Gasteiger charge is 2.12. The number of carbonyl (C=O) groups excluding carboxylic acids is 1. The highest BCUT2D eigenvalue weighted by atomic mass is 19.1. The topological polar surface area (TPSA) is 74.8 Å². The van der Waals surface area contributed by atoms with Crippen LogP contribution in [0.1, 0.15) is 15.9 Å². The molecule has 120 valence electrons. The van der Waals surface area contributed by atoms with E-state index < -0.39 is 11.5 Å². The monoisotopic (exact) mass is 323 g/mol. The number of hydrogen-bond acceptors (Lipinski definition) is 3. The molecule has 2 N–H and O–H groups in total. The van der Waals surface area contributed by atoms with Crippen molar-refractivity contribution >= 4 is 5.91 Å². The van der Waals surface area contributed by atoms with Gasteiger partial charge < -0.3 is 10.3 Å². The third-order valence-electron chi connectivity index (χ3n) is 3.46. The first-order valence-electron chi connectivity index (χ1n) is 7.31. The summed E-state index contributed by atoms with van der Waals surface area (Å²) in [6, 6.07) is 14.9. The van der Waals surface area contributed by atoms with Crippen LogP contribution in [0, 0.1) is 5.82 Å². The number of benzene rings is 2. The smallest absolute Gasteiger partial charge is 0.264 e. The summed E-state index contributed by atoms with van der Waals surface area (Å²) in [5.41, 5.74) is 0.903. The molecule has 0 unspecified atom stereocenters. The second-order valence-corrected chi connectivity index (χ2v) is 5.15. The van der Waals surface area contributed by atoms with Gasteiger partial charge in [-0.2, -0.15) is 0 Å². The van der Waals surface area contributed by atoms with E-state index in [-0.39, 0.29) is 17.9 Å². The molecule has 0 fully saturated rings. The van der Waals surface area contributed by atoms with E-state index in [0.717, 1.165) is 11.1 Å². The van der Waals surface area contributed by atoms with Gasteiger partial charge in [-0.3, -0.25) is 9.59 Å². The minimum Gasteiger partial charge on any atom is -0.348 e. The molecule has 0 aliphatic heterocycles. The zero-order chi connectivity index (χ0) is 16.9. The van der Waals surface area contributed by atoms with Gasteiger partial charge in [-0.25, -0.2) is 9.37 Å². The summed E-state index contributed by atoms with van der Waals surface area (Å²) in [5, 5.41) is 2.61. The summed E-state index contributed by atoms with van der Waals surface area (Å²) in [7, 11) is 0. The molecule has 1 heterocycles. The molecule has 0 bridgehead atoms. The van der Waals surface area contributed by atoms with Gasteiger partial charge in [-0.05, 0) is 17.7 Å². The van der Waals surface area contributed by atoms with E-state index in [1.165, 1.54) is 18.3 Å². The fourth-order valence-corrected chi connectivity index (χ4v) is 2.18. The van der Waals surface area contributed by atoms with Gasteiger partial charge in [-0.1, -0.05) is 42.5 Å².